The highest BCUT2D eigenvalue weighted by molar-refractivity contribution is 7.30. The summed E-state index contributed by atoms with van der Waals surface area (Å²) >= 11 is 0. The van der Waals surface area contributed by atoms with Gasteiger partial charge in [0.2, 0.25) is 0 Å². The van der Waals surface area contributed by atoms with Crippen LogP contribution in [0.2, 0.25) is 0 Å². The molecule has 4 N–H and O–H groups in total. The Morgan fingerprint density at radius 1 is 1.36 bits per heavy atom. The van der Waals surface area contributed by atoms with E-state index in [1.807, 2.05) is 5.32 Å². The van der Waals surface area contributed by atoms with Crippen molar-refractivity contribution in [2.75, 3.05) is 7.05 Å². The summed E-state index contributed by atoms with van der Waals surface area (Å²) in [4.78, 5) is 33.6. The molecule has 0 aliphatic carbocycles. The fourth-order valence-corrected chi connectivity index (χ4v) is 0.107. The minimum atomic E-state index is -3.13. The first-order chi connectivity index (χ1) is 4.91. The fourth-order valence-electron chi connectivity index (χ4n) is 0.107. The van der Waals surface area contributed by atoms with Crippen LogP contribution in [0.4, 0.5) is 0 Å². The number of likely N-dealkylation sites (N-methyl/N-ethyl adjacent to an activating group) is 1. The van der Waals surface area contributed by atoms with Crippen LogP contribution < -0.4 is 5.32 Å². The van der Waals surface area contributed by atoms with Gasteiger partial charge in [0.05, 0.1) is 0 Å². The fraction of sp³-hybridized carbons (Fsp3) is 0.333. The number of carbonyl (C=O) groups is 2. The molecule has 7 nitrogen and oxygen atoms in total. The summed E-state index contributed by atoms with van der Waals surface area (Å²) in [5.41, 5.74) is 0. The average molecular weight is 185 g/mol. The van der Waals surface area contributed by atoms with Crippen molar-refractivity contribution in [2.24, 2.45) is 0 Å². The van der Waals surface area contributed by atoms with Gasteiger partial charge in [-0.2, -0.15) is 0 Å². The highest BCUT2D eigenvalue weighted by atomic mass is 31.1. The van der Waals surface area contributed by atoms with E-state index in [1.165, 1.54) is 7.05 Å². The van der Waals surface area contributed by atoms with E-state index in [0.717, 1.165) is 0 Å². The third kappa shape index (κ3) is 17.6. The Kier molecular flexibility index (Phi) is 8.34. The standard InChI is InChI=1S/C3H5NO3.H3O3P/c1-4-2(5)3(6)7;1-4(2)3/h1H3,(H,4,5)(H,6,7);4H,(H2,1,2,3). The van der Waals surface area contributed by atoms with E-state index in [4.69, 9.17) is 19.5 Å². The maximum atomic E-state index is 9.80. The summed E-state index contributed by atoms with van der Waals surface area (Å²) < 4.78 is 8.74. The summed E-state index contributed by atoms with van der Waals surface area (Å²) in [5.74, 6) is -2.44. The van der Waals surface area contributed by atoms with E-state index >= 15 is 0 Å². The number of rotatable bonds is 0. The van der Waals surface area contributed by atoms with Gasteiger partial charge in [-0.1, -0.05) is 0 Å². The smallest absolute Gasteiger partial charge is 0.394 e. The lowest BCUT2D eigenvalue weighted by Gasteiger charge is -1.85. The molecule has 0 atom stereocenters. The van der Waals surface area contributed by atoms with Gasteiger partial charge in [0.1, 0.15) is 0 Å². The molecule has 0 aromatic carbocycles. The van der Waals surface area contributed by atoms with Gasteiger partial charge in [0.15, 0.2) is 0 Å². The summed E-state index contributed by atoms with van der Waals surface area (Å²) in [5, 5.41) is 9.70. The maximum Gasteiger partial charge on any atom is 0.394 e. The van der Waals surface area contributed by atoms with Crippen LogP contribution >= 0.6 is 8.25 Å². The molecule has 0 aliphatic heterocycles. The minimum Gasteiger partial charge on any atom is -0.474 e. The predicted octanol–water partition coefficient (Wildman–Crippen LogP) is -1.82. The molecule has 0 heterocycles. The van der Waals surface area contributed by atoms with Gasteiger partial charge in [-0.25, -0.2) is 4.79 Å². The zero-order valence-corrected chi connectivity index (χ0v) is 6.57. The minimum absolute atomic E-state index is 0.986. The highest BCUT2D eigenvalue weighted by Gasteiger charge is 2.04. The monoisotopic (exact) mass is 185 g/mol. The van der Waals surface area contributed by atoms with E-state index in [1.54, 1.807) is 0 Å². The molecule has 0 unspecified atom stereocenters. The van der Waals surface area contributed by atoms with Crippen molar-refractivity contribution in [3.63, 3.8) is 0 Å². The van der Waals surface area contributed by atoms with Crippen LogP contribution in [0, 0.1) is 0 Å². The van der Waals surface area contributed by atoms with Crippen molar-refractivity contribution in [3.05, 3.63) is 0 Å². The number of carbonyl (C=O) groups excluding carboxylic acids is 1. The molecule has 0 aromatic rings. The molecule has 0 rings (SSSR count). The first kappa shape index (κ1) is 12.7. The van der Waals surface area contributed by atoms with Crippen molar-refractivity contribution in [1.82, 2.24) is 5.32 Å². The topological polar surface area (TPSA) is 124 Å². The van der Waals surface area contributed by atoms with Gasteiger partial charge in [-0.15, -0.1) is 0 Å². The number of carboxylic acid groups (broad SMARTS) is 1. The molecule has 66 valence electrons. The Morgan fingerprint density at radius 2 is 1.64 bits per heavy atom. The second kappa shape index (κ2) is 7.20. The quantitative estimate of drug-likeness (QED) is 0.260. The molecular weight excluding hydrogens is 177 g/mol. The molecule has 1 amide bonds. The number of hydrogen-bond donors (Lipinski definition) is 4. The lowest BCUT2D eigenvalue weighted by atomic mass is 10.6. The summed E-state index contributed by atoms with van der Waals surface area (Å²) in [6, 6.07) is 0. The van der Waals surface area contributed by atoms with E-state index < -0.39 is 20.1 Å². The van der Waals surface area contributed by atoms with Crippen molar-refractivity contribution in [3.8, 4) is 0 Å². The van der Waals surface area contributed by atoms with Crippen LogP contribution in [0.5, 0.6) is 0 Å². The second-order valence-corrected chi connectivity index (χ2v) is 1.73. The van der Waals surface area contributed by atoms with Crippen molar-refractivity contribution in [2.45, 2.75) is 0 Å². The lowest BCUT2D eigenvalue weighted by Crippen LogP contribution is -2.26. The zero-order valence-electron chi connectivity index (χ0n) is 5.57. The Balaban J connectivity index is 0. The first-order valence-corrected chi connectivity index (χ1v) is 3.59. The zero-order chi connectivity index (χ0) is 9.44. The Hall–Kier alpha value is -0.910. The molecule has 0 aliphatic rings. The summed E-state index contributed by atoms with van der Waals surface area (Å²) in [6.45, 7) is 0. The number of nitrogens with one attached hydrogen (secondary N) is 1. The SMILES string of the molecule is CNC(=O)C(=O)O.O=[PH](O)O. The molecule has 0 saturated heterocycles. The largest absolute Gasteiger partial charge is 0.474 e. The van der Waals surface area contributed by atoms with E-state index in [9.17, 15) is 9.59 Å². The van der Waals surface area contributed by atoms with E-state index in [2.05, 4.69) is 0 Å². The Bertz CT molecular complexity index is 163. The van der Waals surface area contributed by atoms with Gasteiger partial charge in [-0.3, -0.25) is 9.36 Å². The molecule has 0 spiro atoms. The first-order valence-electron chi connectivity index (χ1n) is 2.28. The third-order valence-electron chi connectivity index (χ3n) is 0.421. The van der Waals surface area contributed by atoms with Crippen LogP contribution in [0.25, 0.3) is 0 Å². The summed E-state index contributed by atoms with van der Waals surface area (Å²) in [7, 11) is -1.87. The van der Waals surface area contributed by atoms with Gasteiger partial charge >= 0.3 is 20.1 Å². The molecule has 8 heteroatoms. The van der Waals surface area contributed by atoms with Gasteiger partial charge < -0.3 is 20.2 Å². The molecule has 0 bridgehead atoms. The van der Waals surface area contributed by atoms with Crippen LogP contribution in [-0.2, 0) is 14.2 Å². The average Bonchev–Trinajstić information content (AvgIpc) is 1.85. The number of carboxylic acids is 1. The van der Waals surface area contributed by atoms with Crippen molar-refractivity contribution >= 4 is 20.1 Å². The number of amides is 1. The number of aliphatic carboxylic acids is 1. The molecule has 0 saturated carbocycles. The molecule has 0 radical (unpaired) electrons. The van der Waals surface area contributed by atoms with Gasteiger partial charge in [0, 0.05) is 7.05 Å². The van der Waals surface area contributed by atoms with Crippen LogP contribution in [-0.4, -0.2) is 33.8 Å². The van der Waals surface area contributed by atoms with Crippen LogP contribution in [0.1, 0.15) is 0 Å². The van der Waals surface area contributed by atoms with E-state index in [0.29, 0.717) is 0 Å². The lowest BCUT2D eigenvalue weighted by molar-refractivity contribution is -0.149. The van der Waals surface area contributed by atoms with Crippen LogP contribution in [0.15, 0.2) is 0 Å². The maximum absolute atomic E-state index is 9.80. The number of hydrogen-bond acceptors (Lipinski definition) is 3. The van der Waals surface area contributed by atoms with Crippen molar-refractivity contribution in [1.29, 1.82) is 0 Å². The second-order valence-electron chi connectivity index (χ2n) is 1.17. The normalized spacial score (nSPS) is 8.00. The van der Waals surface area contributed by atoms with E-state index in [-0.39, 0.29) is 0 Å². The highest BCUT2D eigenvalue weighted by Crippen LogP contribution is 1.98. The molecule has 11 heavy (non-hydrogen) atoms. The molecular formula is C3H8NO6P. The summed E-state index contributed by atoms with van der Waals surface area (Å²) in [6.07, 6.45) is 0. The van der Waals surface area contributed by atoms with Crippen molar-refractivity contribution < 1.29 is 29.0 Å². The van der Waals surface area contributed by atoms with Gasteiger partial charge in [-0.05, 0) is 0 Å². The molecule has 0 fully saturated rings. The predicted molar refractivity (Wildman–Crippen MR) is 35.1 cm³/mol. The molecule has 0 aromatic heterocycles. The Morgan fingerprint density at radius 3 is 1.64 bits per heavy atom. The van der Waals surface area contributed by atoms with Gasteiger partial charge in [0.25, 0.3) is 0 Å². The Labute approximate surface area is 62.6 Å². The van der Waals surface area contributed by atoms with Crippen LogP contribution in [0.3, 0.4) is 0 Å². The third-order valence-corrected chi connectivity index (χ3v) is 0.421.